The summed E-state index contributed by atoms with van der Waals surface area (Å²) in [7, 11) is 0. The van der Waals surface area contributed by atoms with Crippen LogP contribution in [0.25, 0.3) is 0 Å². The van der Waals surface area contributed by atoms with Gasteiger partial charge in [0, 0.05) is 5.56 Å². The summed E-state index contributed by atoms with van der Waals surface area (Å²) in [5, 5.41) is 8.91. The summed E-state index contributed by atoms with van der Waals surface area (Å²) >= 11 is 0. The summed E-state index contributed by atoms with van der Waals surface area (Å²) in [5.41, 5.74) is 2.98. The van der Waals surface area contributed by atoms with Crippen molar-refractivity contribution >= 4 is 5.91 Å². The van der Waals surface area contributed by atoms with Gasteiger partial charge < -0.3 is 4.74 Å². The molecule has 0 saturated carbocycles. The fourth-order valence-electron chi connectivity index (χ4n) is 1.78. The number of halogens is 1. The van der Waals surface area contributed by atoms with Gasteiger partial charge in [0.1, 0.15) is 29.8 Å². The molecule has 0 unspecified atom stereocenters. The first-order valence-corrected chi connectivity index (χ1v) is 6.07. The Morgan fingerprint density at radius 2 is 2.10 bits per heavy atom. The first kappa shape index (κ1) is 14.5. The summed E-state index contributed by atoms with van der Waals surface area (Å²) in [5.74, 6) is 4.17. The number of hydrogen-bond donors (Lipinski definition) is 2. The number of benzene rings is 2. The summed E-state index contributed by atoms with van der Waals surface area (Å²) in [4.78, 5) is 11.4. The quantitative estimate of drug-likeness (QED) is 0.510. The second-order valence-corrected chi connectivity index (χ2v) is 4.19. The molecule has 0 aliphatic carbocycles. The molecule has 0 atom stereocenters. The molecule has 106 valence electrons. The van der Waals surface area contributed by atoms with E-state index >= 15 is 0 Å². The number of ether oxygens (including phenoxy) is 1. The third-order valence-electron chi connectivity index (χ3n) is 2.80. The molecule has 0 spiro atoms. The van der Waals surface area contributed by atoms with Gasteiger partial charge in [-0.1, -0.05) is 18.2 Å². The van der Waals surface area contributed by atoms with Gasteiger partial charge in [-0.15, -0.1) is 0 Å². The summed E-state index contributed by atoms with van der Waals surface area (Å²) < 4.78 is 18.9. The molecule has 2 aromatic carbocycles. The van der Waals surface area contributed by atoms with Crippen LogP contribution in [-0.4, -0.2) is 5.91 Å². The molecule has 0 bridgehead atoms. The van der Waals surface area contributed by atoms with Gasteiger partial charge in [-0.3, -0.25) is 10.2 Å². The van der Waals surface area contributed by atoms with Crippen molar-refractivity contribution in [2.24, 2.45) is 5.84 Å². The molecule has 5 nitrogen and oxygen atoms in total. The van der Waals surface area contributed by atoms with Crippen molar-refractivity contribution in [1.82, 2.24) is 5.43 Å². The van der Waals surface area contributed by atoms with E-state index in [1.165, 1.54) is 18.2 Å². The lowest BCUT2D eigenvalue weighted by Crippen LogP contribution is -2.30. The fourth-order valence-corrected chi connectivity index (χ4v) is 1.78. The molecule has 3 N–H and O–H groups in total. The van der Waals surface area contributed by atoms with E-state index in [0.717, 1.165) is 0 Å². The van der Waals surface area contributed by atoms with Crippen molar-refractivity contribution < 1.29 is 13.9 Å². The van der Waals surface area contributed by atoms with Crippen molar-refractivity contribution in [3.8, 4) is 11.8 Å². The molecule has 0 saturated heterocycles. The van der Waals surface area contributed by atoms with Crippen molar-refractivity contribution in [2.45, 2.75) is 6.61 Å². The standard InChI is InChI=1S/C15H12FN3O2/c16-13-5-2-6-14(12(13)8-17)21-9-10-3-1-4-11(7-10)15(20)19-18/h1-7H,9,18H2,(H,19,20). The smallest absolute Gasteiger partial charge is 0.265 e. The van der Waals surface area contributed by atoms with Crippen LogP contribution in [0.3, 0.4) is 0 Å². The number of nitriles is 1. The third-order valence-corrected chi connectivity index (χ3v) is 2.80. The number of amides is 1. The van der Waals surface area contributed by atoms with Crippen LogP contribution in [0.1, 0.15) is 21.5 Å². The zero-order valence-corrected chi connectivity index (χ0v) is 11.0. The minimum absolute atomic E-state index is 0.101. The monoisotopic (exact) mass is 285 g/mol. The maximum Gasteiger partial charge on any atom is 0.265 e. The van der Waals surface area contributed by atoms with E-state index in [1.54, 1.807) is 30.3 Å². The number of nitrogens with one attached hydrogen (secondary N) is 1. The van der Waals surface area contributed by atoms with Crippen molar-refractivity contribution in [1.29, 1.82) is 5.26 Å². The van der Waals surface area contributed by atoms with E-state index in [9.17, 15) is 9.18 Å². The van der Waals surface area contributed by atoms with E-state index in [2.05, 4.69) is 0 Å². The molecular weight excluding hydrogens is 273 g/mol. The van der Waals surface area contributed by atoms with Crippen LogP contribution in [-0.2, 0) is 6.61 Å². The first-order valence-electron chi connectivity index (χ1n) is 6.07. The maximum atomic E-state index is 13.4. The van der Waals surface area contributed by atoms with Crippen LogP contribution in [0.5, 0.6) is 5.75 Å². The van der Waals surface area contributed by atoms with E-state index in [1.807, 2.05) is 5.43 Å². The minimum Gasteiger partial charge on any atom is -0.487 e. The van der Waals surface area contributed by atoms with Crippen LogP contribution < -0.4 is 16.0 Å². The Kier molecular flexibility index (Phi) is 4.49. The van der Waals surface area contributed by atoms with Gasteiger partial charge in [0.15, 0.2) is 0 Å². The van der Waals surface area contributed by atoms with Gasteiger partial charge in [0.2, 0.25) is 0 Å². The van der Waals surface area contributed by atoms with E-state index < -0.39 is 11.7 Å². The fraction of sp³-hybridized carbons (Fsp3) is 0.0667. The lowest BCUT2D eigenvalue weighted by Gasteiger charge is -2.09. The molecule has 0 radical (unpaired) electrons. The average Bonchev–Trinajstić information content (AvgIpc) is 2.52. The van der Waals surface area contributed by atoms with Gasteiger partial charge in [0.05, 0.1) is 0 Å². The van der Waals surface area contributed by atoms with Crippen molar-refractivity contribution in [3.05, 3.63) is 65.0 Å². The van der Waals surface area contributed by atoms with Crippen LogP contribution in [0.2, 0.25) is 0 Å². The number of rotatable bonds is 4. The highest BCUT2D eigenvalue weighted by Gasteiger charge is 2.09. The Morgan fingerprint density at radius 1 is 1.33 bits per heavy atom. The Morgan fingerprint density at radius 3 is 2.81 bits per heavy atom. The highest BCUT2D eigenvalue weighted by atomic mass is 19.1. The highest BCUT2D eigenvalue weighted by molar-refractivity contribution is 5.93. The van der Waals surface area contributed by atoms with Crippen LogP contribution >= 0.6 is 0 Å². The highest BCUT2D eigenvalue weighted by Crippen LogP contribution is 2.21. The average molecular weight is 285 g/mol. The molecule has 1 amide bonds. The van der Waals surface area contributed by atoms with Crippen molar-refractivity contribution in [2.75, 3.05) is 0 Å². The van der Waals surface area contributed by atoms with E-state index in [4.69, 9.17) is 15.8 Å². The molecule has 2 rings (SSSR count). The van der Waals surface area contributed by atoms with Gasteiger partial charge in [0.25, 0.3) is 5.91 Å². The third kappa shape index (κ3) is 3.35. The van der Waals surface area contributed by atoms with Crippen LogP contribution in [0, 0.1) is 17.1 Å². The Bertz CT molecular complexity index is 710. The van der Waals surface area contributed by atoms with Crippen LogP contribution in [0.4, 0.5) is 4.39 Å². The Labute approximate surface area is 120 Å². The Hall–Kier alpha value is -2.91. The van der Waals surface area contributed by atoms with Gasteiger partial charge in [-0.05, 0) is 29.8 Å². The zero-order valence-electron chi connectivity index (χ0n) is 11.0. The number of hydrazine groups is 1. The van der Waals surface area contributed by atoms with E-state index in [0.29, 0.717) is 11.1 Å². The molecule has 0 heterocycles. The predicted octanol–water partition coefficient (Wildman–Crippen LogP) is 1.88. The SMILES string of the molecule is N#Cc1c(F)cccc1OCc1cccc(C(=O)NN)c1. The number of hydrogen-bond acceptors (Lipinski definition) is 4. The zero-order chi connectivity index (χ0) is 15.2. The summed E-state index contributed by atoms with van der Waals surface area (Å²) in [6, 6.07) is 12.6. The topological polar surface area (TPSA) is 88.1 Å². The number of nitrogens with two attached hydrogens (primary N) is 1. The number of carbonyl (C=O) groups is 1. The molecule has 0 aliphatic rings. The van der Waals surface area contributed by atoms with Gasteiger partial charge >= 0.3 is 0 Å². The summed E-state index contributed by atoms with van der Waals surface area (Å²) in [6.45, 7) is 0.101. The normalized spacial score (nSPS) is 9.76. The lowest BCUT2D eigenvalue weighted by atomic mass is 10.1. The molecule has 0 fully saturated rings. The molecular formula is C15H12FN3O2. The van der Waals surface area contributed by atoms with Gasteiger partial charge in [-0.2, -0.15) is 5.26 Å². The van der Waals surface area contributed by atoms with Crippen LogP contribution in [0.15, 0.2) is 42.5 Å². The maximum absolute atomic E-state index is 13.4. The second-order valence-electron chi connectivity index (χ2n) is 4.19. The molecule has 0 aliphatic heterocycles. The van der Waals surface area contributed by atoms with E-state index in [-0.39, 0.29) is 17.9 Å². The minimum atomic E-state index is -0.633. The predicted molar refractivity (Wildman–Crippen MR) is 73.5 cm³/mol. The van der Waals surface area contributed by atoms with Crippen molar-refractivity contribution in [3.63, 3.8) is 0 Å². The Balaban J connectivity index is 2.16. The second kappa shape index (κ2) is 6.50. The van der Waals surface area contributed by atoms with Gasteiger partial charge in [-0.25, -0.2) is 10.2 Å². The number of carbonyl (C=O) groups excluding carboxylic acids is 1. The number of nitrogens with zero attached hydrogens (tertiary/aromatic N) is 1. The lowest BCUT2D eigenvalue weighted by molar-refractivity contribution is 0.0953. The molecule has 6 heteroatoms. The molecule has 0 aromatic heterocycles. The molecule has 21 heavy (non-hydrogen) atoms. The first-order chi connectivity index (χ1) is 10.2. The summed E-state index contributed by atoms with van der Waals surface area (Å²) in [6.07, 6.45) is 0. The largest absolute Gasteiger partial charge is 0.487 e. The number of nitrogen functional groups attached to an aromatic ring is 1. The molecule has 2 aromatic rings.